The number of likely N-dealkylation sites (tertiary alicyclic amines) is 1. The Balaban J connectivity index is 1.38. The van der Waals surface area contributed by atoms with E-state index in [1.165, 1.54) is 0 Å². The number of aryl methyl sites for hydroxylation is 1. The van der Waals surface area contributed by atoms with Gasteiger partial charge in [0.1, 0.15) is 6.54 Å². The lowest BCUT2D eigenvalue weighted by Gasteiger charge is -2.51. The zero-order chi connectivity index (χ0) is 22.9. The maximum atomic E-state index is 13.7. The molecule has 7 rings (SSSR count). The van der Waals surface area contributed by atoms with Crippen molar-refractivity contribution in [2.75, 3.05) is 11.9 Å². The summed E-state index contributed by atoms with van der Waals surface area (Å²) < 4.78 is -0.797. The summed E-state index contributed by atoms with van der Waals surface area (Å²) in [6, 6.07) is 23.5. The lowest BCUT2D eigenvalue weighted by Crippen LogP contribution is -2.50. The molecule has 3 amide bonds. The van der Waals surface area contributed by atoms with Gasteiger partial charge in [-0.05, 0) is 41.3 Å². The van der Waals surface area contributed by atoms with Gasteiger partial charge >= 0.3 is 0 Å². The van der Waals surface area contributed by atoms with Crippen molar-refractivity contribution in [3.05, 3.63) is 101 Å². The van der Waals surface area contributed by atoms with Crippen LogP contribution in [0.5, 0.6) is 0 Å². The van der Waals surface area contributed by atoms with Crippen LogP contribution in [0.3, 0.4) is 0 Å². The summed E-state index contributed by atoms with van der Waals surface area (Å²) in [7, 11) is 0. The van der Waals surface area contributed by atoms with Gasteiger partial charge in [0.2, 0.25) is 17.7 Å². The molecule has 1 heterocycles. The van der Waals surface area contributed by atoms with Gasteiger partial charge in [-0.15, -0.1) is 0 Å². The SMILES string of the molecule is Cc1ccc(NC(=O)CN2C(=O)[C@H]3C4c5ccccc5C(Br)(c5ccccc54)[C@H]3C2=O)cc1. The normalized spacial score (nSPS) is 26.6. The summed E-state index contributed by atoms with van der Waals surface area (Å²) in [6.07, 6.45) is 0. The Labute approximate surface area is 199 Å². The first-order chi connectivity index (χ1) is 15.9. The fourth-order valence-electron chi connectivity index (χ4n) is 5.88. The molecule has 3 aromatic rings. The summed E-state index contributed by atoms with van der Waals surface area (Å²) in [5, 5.41) is 2.80. The van der Waals surface area contributed by atoms with E-state index in [0.29, 0.717) is 5.69 Å². The molecule has 3 aliphatic carbocycles. The summed E-state index contributed by atoms with van der Waals surface area (Å²) in [5.41, 5.74) is 5.92. The van der Waals surface area contributed by atoms with Gasteiger partial charge in [-0.25, -0.2) is 0 Å². The molecule has 1 N–H and O–H groups in total. The molecule has 1 saturated heterocycles. The number of alkyl halides is 1. The fourth-order valence-corrected chi connectivity index (χ4v) is 7.08. The third kappa shape index (κ3) is 2.73. The molecule has 0 aromatic heterocycles. The van der Waals surface area contributed by atoms with E-state index >= 15 is 0 Å². The Hall–Kier alpha value is -3.25. The zero-order valence-electron chi connectivity index (χ0n) is 17.9. The molecule has 1 aliphatic heterocycles. The van der Waals surface area contributed by atoms with E-state index in [-0.39, 0.29) is 30.2 Å². The average Bonchev–Trinajstić information content (AvgIpc) is 3.07. The maximum Gasteiger partial charge on any atom is 0.244 e. The van der Waals surface area contributed by atoms with Crippen molar-refractivity contribution in [1.29, 1.82) is 0 Å². The molecule has 0 spiro atoms. The number of anilines is 1. The minimum Gasteiger partial charge on any atom is -0.325 e. The lowest BCUT2D eigenvalue weighted by atomic mass is 9.55. The highest BCUT2D eigenvalue weighted by molar-refractivity contribution is 9.09. The number of hydrogen-bond acceptors (Lipinski definition) is 3. The third-order valence-corrected chi connectivity index (χ3v) is 8.59. The maximum absolute atomic E-state index is 13.7. The first-order valence-corrected chi connectivity index (χ1v) is 11.8. The van der Waals surface area contributed by atoms with Gasteiger partial charge in [-0.2, -0.15) is 0 Å². The molecule has 6 heteroatoms. The molecule has 5 nitrogen and oxygen atoms in total. The minimum absolute atomic E-state index is 0.205. The van der Waals surface area contributed by atoms with Crippen LogP contribution in [0, 0.1) is 18.8 Å². The Bertz CT molecular complexity index is 1290. The van der Waals surface area contributed by atoms with Gasteiger partial charge < -0.3 is 5.32 Å². The summed E-state index contributed by atoms with van der Waals surface area (Å²) in [6.45, 7) is 1.68. The van der Waals surface area contributed by atoms with Gasteiger partial charge in [0.25, 0.3) is 0 Å². The molecular weight excluding hydrogens is 480 g/mol. The number of amides is 3. The second-order valence-corrected chi connectivity index (χ2v) is 10.3. The van der Waals surface area contributed by atoms with Crippen molar-refractivity contribution >= 4 is 39.3 Å². The van der Waals surface area contributed by atoms with Crippen LogP contribution < -0.4 is 5.32 Å². The number of imide groups is 1. The molecule has 4 aliphatic rings. The largest absolute Gasteiger partial charge is 0.325 e. The third-order valence-electron chi connectivity index (χ3n) is 7.24. The Morgan fingerprint density at radius 2 is 1.48 bits per heavy atom. The number of benzene rings is 3. The predicted molar refractivity (Wildman–Crippen MR) is 128 cm³/mol. The lowest BCUT2D eigenvalue weighted by molar-refractivity contribution is -0.142. The van der Waals surface area contributed by atoms with Gasteiger partial charge in [0.15, 0.2) is 0 Å². The van der Waals surface area contributed by atoms with Crippen LogP contribution in [-0.2, 0) is 18.7 Å². The van der Waals surface area contributed by atoms with Crippen molar-refractivity contribution in [3.63, 3.8) is 0 Å². The van der Waals surface area contributed by atoms with Gasteiger partial charge in [0, 0.05) is 11.6 Å². The first-order valence-electron chi connectivity index (χ1n) is 11.0. The van der Waals surface area contributed by atoms with Crippen LogP contribution in [0.15, 0.2) is 72.8 Å². The summed E-state index contributed by atoms with van der Waals surface area (Å²) >= 11 is 3.96. The van der Waals surface area contributed by atoms with E-state index in [2.05, 4.69) is 21.2 Å². The van der Waals surface area contributed by atoms with Gasteiger partial charge in [0.05, 0.1) is 16.2 Å². The fraction of sp³-hybridized carbons (Fsp3) is 0.222. The van der Waals surface area contributed by atoms with Crippen molar-refractivity contribution in [1.82, 2.24) is 4.90 Å². The number of hydrogen-bond donors (Lipinski definition) is 1. The number of carbonyl (C=O) groups is 3. The number of halogens is 1. The highest BCUT2D eigenvalue weighted by Crippen LogP contribution is 2.66. The Morgan fingerprint density at radius 1 is 0.909 bits per heavy atom. The molecule has 3 aromatic carbocycles. The Morgan fingerprint density at radius 3 is 2.09 bits per heavy atom. The molecule has 2 atom stereocenters. The summed E-state index contributed by atoms with van der Waals surface area (Å²) in [5.74, 6) is -2.29. The predicted octanol–water partition coefficient (Wildman–Crippen LogP) is 4.33. The smallest absolute Gasteiger partial charge is 0.244 e. The van der Waals surface area contributed by atoms with E-state index in [0.717, 1.165) is 32.7 Å². The van der Waals surface area contributed by atoms with Crippen LogP contribution in [0.25, 0.3) is 0 Å². The van der Waals surface area contributed by atoms with Crippen LogP contribution in [0.4, 0.5) is 5.69 Å². The molecule has 2 bridgehead atoms. The van der Waals surface area contributed by atoms with Crippen LogP contribution >= 0.6 is 15.9 Å². The first kappa shape index (κ1) is 20.4. The number of carbonyl (C=O) groups excluding carboxylic acids is 3. The van der Waals surface area contributed by atoms with Crippen LogP contribution in [0.1, 0.15) is 33.7 Å². The molecular formula is C27H21BrN2O3. The minimum atomic E-state index is -0.797. The standard InChI is InChI=1S/C27H21BrN2O3/c1-15-10-12-16(13-11-15)29-21(31)14-30-25(32)23-22-17-6-2-4-8-19(17)27(28,24(23)26(30)33)20-9-5-3-7-18(20)22/h2-13,22-24H,14H2,1H3,(H,29,31)/t22?,23-,24+,27?/m0/s1. The van der Waals surface area contributed by atoms with Crippen LogP contribution in [0.2, 0.25) is 0 Å². The van der Waals surface area contributed by atoms with E-state index in [4.69, 9.17) is 0 Å². The molecule has 0 unspecified atom stereocenters. The molecule has 0 radical (unpaired) electrons. The van der Waals surface area contributed by atoms with Crippen LogP contribution in [-0.4, -0.2) is 29.2 Å². The number of nitrogens with one attached hydrogen (secondary N) is 1. The highest BCUT2D eigenvalue weighted by Gasteiger charge is 2.67. The molecule has 0 saturated carbocycles. The van der Waals surface area contributed by atoms with E-state index in [1.54, 1.807) is 0 Å². The number of nitrogens with zero attached hydrogens (tertiary/aromatic N) is 1. The monoisotopic (exact) mass is 500 g/mol. The second-order valence-electron chi connectivity index (χ2n) is 9.04. The van der Waals surface area contributed by atoms with Crippen molar-refractivity contribution < 1.29 is 14.4 Å². The highest BCUT2D eigenvalue weighted by atomic mass is 79.9. The van der Waals surface area contributed by atoms with Gasteiger partial charge in [-0.3, -0.25) is 19.3 Å². The topological polar surface area (TPSA) is 66.5 Å². The molecule has 1 fully saturated rings. The Kier molecular flexibility index (Phi) is 4.40. The van der Waals surface area contributed by atoms with Crippen molar-refractivity contribution in [3.8, 4) is 0 Å². The zero-order valence-corrected chi connectivity index (χ0v) is 19.5. The van der Waals surface area contributed by atoms with Gasteiger partial charge in [-0.1, -0.05) is 82.2 Å². The van der Waals surface area contributed by atoms with E-state index in [1.807, 2.05) is 79.7 Å². The van der Waals surface area contributed by atoms with Crippen molar-refractivity contribution in [2.45, 2.75) is 17.2 Å². The number of rotatable bonds is 3. The molecule has 164 valence electrons. The van der Waals surface area contributed by atoms with E-state index < -0.39 is 16.2 Å². The second kappa shape index (κ2) is 7.12. The average molecular weight is 501 g/mol. The van der Waals surface area contributed by atoms with E-state index in [9.17, 15) is 14.4 Å². The molecule has 33 heavy (non-hydrogen) atoms. The summed E-state index contributed by atoms with van der Waals surface area (Å²) in [4.78, 5) is 41.3. The quantitative estimate of drug-likeness (QED) is 0.429. The van der Waals surface area contributed by atoms with Crippen molar-refractivity contribution in [2.24, 2.45) is 11.8 Å².